The zero-order valence-corrected chi connectivity index (χ0v) is 12.5. The highest BCUT2D eigenvalue weighted by Crippen LogP contribution is 2.43. The van der Waals surface area contributed by atoms with Crippen LogP contribution in [0, 0.1) is 0 Å². The molecule has 2 aliphatic heterocycles. The summed E-state index contributed by atoms with van der Waals surface area (Å²) in [6.45, 7) is 4.66. The third-order valence-electron chi connectivity index (χ3n) is 4.79. The average molecular weight is 284 g/mol. The van der Waals surface area contributed by atoms with Crippen molar-refractivity contribution in [2.45, 2.75) is 32.0 Å². The molecule has 1 saturated heterocycles. The van der Waals surface area contributed by atoms with Crippen LogP contribution in [-0.4, -0.2) is 27.9 Å². The van der Waals surface area contributed by atoms with Crippen LogP contribution in [0.15, 0.2) is 24.3 Å². The van der Waals surface area contributed by atoms with Crippen LogP contribution in [0.1, 0.15) is 30.3 Å². The second-order valence-corrected chi connectivity index (χ2v) is 5.94. The second kappa shape index (κ2) is 4.56. The molecule has 1 unspecified atom stereocenters. The molecule has 0 amide bonds. The number of aromatic nitrogens is 3. The van der Waals surface area contributed by atoms with Gasteiger partial charge in [-0.15, -0.1) is 10.2 Å². The van der Waals surface area contributed by atoms with Crippen molar-refractivity contribution in [2.75, 3.05) is 18.0 Å². The van der Waals surface area contributed by atoms with E-state index in [4.69, 9.17) is 4.74 Å². The summed E-state index contributed by atoms with van der Waals surface area (Å²) in [6, 6.07) is 8.57. The van der Waals surface area contributed by atoms with Gasteiger partial charge >= 0.3 is 0 Å². The van der Waals surface area contributed by atoms with Gasteiger partial charge in [0.1, 0.15) is 11.4 Å². The van der Waals surface area contributed by atoms with Crippen LogP contribution in [0.4, 0.5) is 5.95 Å². The Morgan fingerprint density at radius 2 is 2.14 bits per heavy atom. The summed E-state index contributed by atoms with van der Waals surface area (Å²) in [4.78, 5) is 2.30. The number of hydrogen-bond donors (Lipinski definition) is 0. The van der Waals surface area contributed by atoms with E-state index < -0.39 is 0 Å². The Morgan fingerprint density at radius 3 is 2.95 bits per heavy atom. The summed E-state index contributed by atoms with van der Waals surface area (Å²) in [5.41, 5.74) is 2.52. The molecule has 1 aromatic heterocycles. The molecule has 0 radical (unpaired) electrons. The van der Waals surface area contributed by atoms with Gasteiger partial charge in [-0.3, -0.25) is 0 Å². The molecule has 5 nitrogen and oxygen atoms in total. The molecule has 0 bridgehead atoms. The molecule has 3 heterocycles. The molecule has 1 aromatic carbocycles. The third-order valence-corrected chi connectivity index (χ3v) is 4.79. The molecule has 5 heteroatoms. The van der Waals surface area contributed by atoms with Crippen molar-refractivity contribution in [3.63, 3.8) is 0 Å². The van der Waals surface area contributed by atoms with E-state index in [2.05, 4.69) is 50.9 Å². The van der Waals surface area contributed by atoms with Crippen molar-refractivity contribution in [1.82, 2.24) is 14.8 Å². The second-order valence-electron chi connectivity index (χ2n) is 5.94. The van der Waals surface area contributed by atoms with E-state index in [0.717, 1.165) is 44.3 Å². The fraction of sp³-hybridized carbons (Fsp3) is 0.500. The van der Waals surface area contributed by atoms with Gasteiger partial charge in [-0.1, -0.05) is 31.2 Å². The van der Waals surface area contributed by atoms with Gasteiger partial charge in [0.15, 0.2) is 0 Å². The van der Waals surface area contributed by atoms with Gasteiger partial charge in [0.05, 0.1) is 13.2 Å². The lowest BCUT2D eigenvalue weighted by atomic mass is 9.92. The zero-order chi connectivity index (χ0) is 14.4. The zero-order valence-electron chi connectivity index (χ0n) is 12.5. The first-order chi connectivity index (χ1) is 10.2. The van der Waals surface area contributed by atoms with Gasteiger partial charge in [-0.25, -0.2) is 0 Å². The Bertz CT molecular complexity index is 681. The third kappa shape index (κ3) is 1.80. The van der Waals surface area contributed by atoms with Gasteiger partial charge in [-0.05, 0) is 17.5 Å². The molecule has 110 valence electrons. The number of aryl methyl sites for hydroxylation is 1. The Morgan fingerprint density at radius 1 is 1.29 bits per heavy atom. The molecule has 2 aliphatic rings. The monoisotopic (exact) mass is 284 g/mol. The number of benzene rings is 1. The van der Waals surface area contributed by atoms with E-state index >= 15 is 0 Å². The predicted octanol–water partition coefficient (Wildman–Crippen LogP) is 2.01. The highest BCUT2D eigenvalue weighted by Gasteiger charge is 2.46. The SMILES string of the molecule is CCc1nnc(N2CCC3(C2)OCc2ccccc23)n1C. The number of anilines is 1. The Labute approximate surface area is 124 Å². The molecule has 1 spiro atoms. The first-order valence-corrected chi connectivity index (χ1v) is 7.59. The molecule has 2 aromatic rings. The first-order valence-electron chi connectivity index (χ1n) is 7.59. The lowest BCUT2D eigenvalue weighted by molar-refractivity contribution is -0.0205. The van der Waals surface area contributed by atoms with Crippen LogP contribution in [0.2, 0.25) is 0 Å². The molecular weight excluding hydrogens is 264 g/mol. The van der Waals surface area contributed by atoms with Crippen LogP contribution in [-0.2, 0) is 30.4 Å². The maximum Gasteiger partial charge on any atom is 0.227 e. The number of rotatable bonds is 2. The average Bonchev–Trinajstić information content (AvgIpc) is 3.19. The maximum atomic E-state index is 6.20. The van der Waals surface area contributed by atoms with E-state index in [1.165, 1.54) is 11.1 Å². The van der Waals surface area contributed by atoms with Crippen LogP contribution >= 0.6 is 0 Å². The van der Waals surface area contributed by atoms with Gasteiger partial charge < -0.3 is 14.2 Å². The van der Waals surface area contributed by atoms with Crippen LogP contribution < -0.4 is 4.90 Å². The minimum atomic E-state index is -0.158. The number of nitrogens with zero attached hydrogens (tertiary/aromatic N) is 4. The highest BCUT2D eigenvalue weighted by atomic mass is 16.5. The largest absolute Gasteiger partial charge is 0.364 e. The number of hydrogen-bond acceptors (Lipinski definition) is 4. The summed E-state index contributed by atoms with van der Waals surface area (Å²) in [6.07, 6.45) is 1.92. The number of fused-ring (bicyclic) bond motifs is 2. The Balaban J connectivity index is 1.65. The summed E-state index contributed by atoms with van der Waals surface area (Å²) in [5, 5.41) is 8.63. The molecule has 0 N–H and O–H groups in total. The smallest absolute Gasteiger partial charge is 0.227 e. The van der Waals surface area contributed by atoms with Crippen LogP contribution in [0.5, 0.6) is 0 Å². The lowest BCUT2D eigenvalue weighted by Crippen LogP contribution is -2.31. The van der Waals surface area contributed by atoms with Crippen molar-refractivity contribution in [1.29, 1.82) is 0 Å². The van der Waals surface area contributed by atoms with Crippen molar-refractivity contribution < 1.29 is 4.74 Å². The van der Waals surface area contributed by atoms with Gasteiger partial charge in [0, 0.05) is 20.0 Å². The fourth-order valence-electron chi connectivity index (χ4n) is 3.61. The van der Waals surface area contributed by atoms with Crippen molar-refractivity contribution in [3.8, 4) is 0 Å². The van der Waals surface area contributed by atoms with Crippen LogP contribution in [0.3, 0.4) is 0 Å². The van der Waals surface area contributed by atoms with Crippen molar-refractivity contribution >= 4 is 5.95 Å². The molecule has 4 rings (SSSR count). The van der Waals surface area contributed by atoms with Crippen molar-refractivity contribution in [3.05, 3.63) is 41.2 Å². The summed E-state index contributed by atoms with van der Waals surface area (Å²) >= 11 is 0. The molecule has 1 atom stereocenters. The molecular formula is C16H20N4O. The molecule has 1 fully saturated rings. The normalized spacial score (nSPS) is 24.0. The standard InChI is InChI=1S/C16H20N4O/c1-3-14-17-18-15(19(14)2)20-9-8-16(11-20)13-7-5-4-6-12(13)10-21-16/h4-7H,3,8-11H2,1-2H3. The fourth-order valence-corrected chi connectivity index (χ4v) is 3.61. The van der Waals surface area contributed by atoms with Gasteiger partial charge in [0.2, 0.25) is 5.95 Å². The summed E-state index contributed by atoms with van der Waals surface area (Å²) < 4.78 is 8.29. The molecule has 0 aliphatic carbocycles. The molecule has 21 heavy (non-hydrogen) atoms. The Kier molecular flexibility index (Phi) is 2.79. The van der Waals surface area contributed by atoms with E-state index in [9.17, 15) is 0 Å². The van der Waals surface area contributed by atoms with E-state index in [1.807, 2.05) is 7.05 Å². The summed E-state index contributed by atoms with van der Waals surface area (Å²) in [5.74, 6) is 1.98. The van der Waals surface area contributed by atoms with E-state index in [1.54, 1.807) is 0 Å². The topological polar surface area (TPSA) is 43.2 Å². The maximum absolute atomic E-state index is 6.20. The minimum Gasteiger partial charge on any atom is -0.364 e. The Hall–Kier alpha value is -1.88. The van der Waals surface area contributed by atoms with Gasteiger partial charge in [-0.2, -0.15) is 0 Å². The number of ether oxygens (including phenoxy) is 1. The quantitative estimate of drug-likeness (QED) is 0.846. The molecule has 0 saturated carbocycles. The highest BCUT2D eigenvalue weighted by molar-refractivity contribution is 5.42. The minimum absolute atomic E-state index is 0.158. The van der Waals surface area contributed by atoms with Crippen LogP contribution in [0.25, 0.3) is 0 Å². The summed E-state index contributed by atoms with van der Waals surface area (Å²) in [7, 11) is 2.04. The van der Waals surface area contributed by atoms with E-state index in [0.29, 0.717) is 0 Å². The lowest BCUT2D eigenvalue weighted by Gasteiger charge is -2.25. The first kappa shape index (κ1) is 12.8. The van der Waals surface area contributed by atoms with E-state index in [-0.39, 0.29) is 5.60 Å². The van der Waals surface area contributed by atoms with Gasteiger partial charge in [0.25, 0.3) is 0 Å². The van der Waals surface area contributed by atoms with Crippen molar-refractivity contribution in [2.24, 2.45) is 7.05 Å². The predicted molar refractivity (Wildman–Crippen MR) is 80.1 cm³/mol.